The fraction of sp³-hybridized carbons (Fsp3) is 0.333. The second-order valence-corrected chi connectivity index (χ2v) is 8.80. The number of aromatic nitrogens is 2. The molecular weight excluding hydrogens is 476 g/mol. The minimum absolute atomic E-state index is 0.0735. The number of rotatable bonds is 7. The Balaban J connectivity index is 1.79. The zero-order valence-electron chi connectivity index (χ0n) is 18.9. The van der Waals surface area contributed by atoms with Crippen molar-refractivity contribution in [1.29, 1.82) is 0 Å². The standard InChI is InChI=1S/C24H23ClN4O6/c1-14(24(31)32)35-21-18(25)11-15(12-20(21)29(33)34)13-26-28-22(16-7-3-2-4-8-16)27-19-10-6-5-9-17(19)23(28)30/h5-6,9-14,16H,2-4,7-8H2,1H3,(H,31,32)/t14-/m0/s1. The molecule has 35 heavy (non-hydrogen) atoms. The van der Waals surface area contributed by atoms with E-state index in [1.54, 1.807) is 18.2 Å². The lowest BCUT2D eigenvalue weighted by atomic mass is 9.88. The van der Waals surface area contributed by atoms with Gasteiger partial charge < -0.3 is 9.84 Å². The number of hydrogen-bond acceptors (Lipinski definition) is 7. The third kappa shape index (κ3) is 5.17. The molecule has 0 saturated heterocycles. The van der Waals surface area contributed by atoms with Gasteiger partial charge >= 0.3 is 11.7 Å². The summed E-state index contributed by atoms with van der Waals surface area (Å²) in [5, 5.41) is 25.3. The first kappa shape index (κ1) is 24.3. The summed E-state index contributed by atoms with van der Waals surface area (Å²) in [7, 11) is 0. The number of benzene rings is 2. The Kier molecular flexibility index (Phi) is 7.11. The fourth-order valence-electron chi connectivity index (χ4n) is 4.16. The molecular formula is C24H23ClN4O6. The van der Waals surface area contributed by atoms with E-state index in [0.717, 1.165) is 32.1 Å². The molecule has 2 aromatic carbocycles. The van der Waals surface area contributed by atoms with E-state index in [0.29, 0.717) is 16.7 Å². The van der Waals surface area contributed by atoms with Gasteiger partial charge in [0.25, 0.3) is 5.56 Å². The van der Waals surface area contributed by atoms with Gasteiger partial charge in [-0.3, -0.25) is 14.9 Å². The van der Waals surface area contributed by atoms with Crippen molar-refractivity contribution >= 4 is 40.4 Å². The molecule has 182 valence electrons. The number of nitrogens with zero attached hydrogens (tertiary/aromatic N) is 4. The number of aliphatic carboxylic acids is 1. The van der Waals surface area contributed by atoms with Gasteiger partial charge in [0.2, 0.25) is 5.75 Å². The van der Waals surface area contributed by atoms with Crippen molar-refractivity contribution < 1.29 is 19.6 Å². The number of nitro benzene ring substituents is 1. The van der Waals surface area contributed by atoms with Gasteiger partial charge in [0.1, 0.15) is 5.82 Å². The fourth-order valence-corrected chi connectivity index (χ4v) is 4.42. The van der Waals surface area contributed by atoms with Crippen molar-refractivity contribution in [2.45, 2.75) is 51.0 Å². The van der Waals surface area contributed by atoms with E-state index in [2.05, 4.69) is 5.10 Å². The van der Waals surface area contributed by atoms with E-state index in [4.69, 9.17) is 26.4 Å². The van der Waals surface area contributed by atoms with Crippen LogP contribution in [0, 0.1) is 10.1 Å². The van der Waals surface area contributed by atoms with Gasteiger partial charge in [-0.2, -0.15) is 9.78 Å². The summed E-state index contributed by atoms with van der Waals surface area (Å²) < 4.78 is 6.46. The third-order valence-corrected chi connectivity index (χ3v) is 6.24. The number of nitro groups is 1. The van der Waals surface area contributed by atoms with Crippen LogP contribution < -0.4 is 10.3 Å². The van der Waals surface area contributed by atoms with Crippen LogP contribution in [-0.2, 0) is 4.79 Å². The van der Waals surface area contributed by atoms with E-state index < -0.39 is 22.7 Å². The van der Waals surface area contributed by atoms with Gasteiger partial charge in [0.05, 0.1) is 27.1 Å². The Morgan fingerprint density at radius 3 is 2.71 bits per heavy atom. The Labute approximate surface area is 205 Å². The molecule has 1 N–H and O–H groups in total. The molecule has 1 aliphatic carbocycles. The number of hydrogen-bond donors (Lipinski definition) is 1. The van der Waals surface area contributed by atoms with Crippen LogP contribution in [0.3, 0.4) is 0 Å². The highest BCUT2D eigenvalue weighted by atomic mass is 35.5. The number of para-hydroxylation sites is 1. The minimum atomic E-state index is -1.34. The van der Waals surface area contributed by atoms with Gasteiger partial charge in [0.15, 0.2) is 6.10 Å². The average molecular weight is 499 g/mol. The summed E-state index contributed by atoms with van der Waals surface area (Å²) in [6.07, 6.45) is 4.95. The molecule has 0 spiro atoms. The first-order chi connectivity index (χ1) is 16.8. The molecule has 0 radical (unpaired) electrons. The smallest absolute Gasteiger partial charge is 0.344 e. The zero-order chi connectivity index (χ0) is 25.1. The van der Waals surface area contributed by atoms with Gasteiger partial charge in [-0.1, -0.05) is 43.0 Å². The number of halogens is 1. The molecule has 0 amide bonds. The number of ether oxygens (including phenoxy) is 1. The highest BCUT2D eigenvalue weighted by Gasteiger charge is 2.25. The van der Waals surface area contributed by atoms with Crippen LogP contribution in [-0.4, -0.2) is 38.0 Å². The van der Waals surface area contributed by atoms with Crippen molar-refractivity contribution in [2.75, 3.05) is 0 Å². The lowest BCUT2D eigenvalue weighted by Crippen LogP contribution is -2.25. The van der Waals surface area contributed by atoms with E-state index in [-0.39, 0.29) is 27.8 Å². The SMILES string of the molecule is C[C@H](Oc1c(Cl)cc(C=Nn2c(C3CCCCC3)nc3ccccc3c2=O)cc1[N+](=O)[O-])C(=O)O. The Bertz CT molecular complexity index is 1380. The molecule has 11 heteroatoms. The maximum atomic E-state index is 13.3. The molecule has 1 aromatic heterocycles. The molecule has 1 aliphatic rings. The van der Waals surface area contributed by atoms with Crippen molar-refractivity contribution in [2.24, 2.45) is 5.10 Å². The number of carboxylic acid groups (broad SMARTS) is 1. The summed E-state index contributed by atoms with van der Waals surface area (Å²) in [5.41, 5.74) is -0.00395. The summed E-state index contributed by atoms with van der Waals surface area (Å²) in [5.74, 6) is -1.01. The zero-order valence-corrected chi connectivity index (χ0v) is 19.6. The quantitative estimate of drug-likeness (QED) is 0.282. The van der Waals surface area contributed by atoms with E-state index >= 15 is 0 Å². The summed E-state index contributed by atoms with van der Waals surface area (Å²) in [4.78, 5) is 40.0. The Morgan fingerprint density at radius 1 is 1.31 bits per heavy atom. The van der Waals surface area contributed by atoms with Gasteiger partial charge in [-0.25, -0.2) is 9.78 Å². The number of fused-ring (bicyclic) bond motifs is 1. The van der Waals surface area contributed by atoms with E-state index in [9.17, 15) is 19.7 Å². The second kappa shape index (κ2) is 10.2. The largest absolute Gasteiger partial charge is 0.479 e. The van der Waals surface area contributed by atoms with Crippen LogP contribution in [0.1, 0.15) is 56.3 Å². The topological polar surface area (TPSA) is 137 Å². The van der Waals surface area contributed by atoms with Crippen LogP contribution in [0.5, 0.6) is 5.75 Å². The summed E-state index contributed by atoms with van der Waals surface area (Å²) in [6, 6.07) is 9.57. The molecule has 1 saturated carbocycles. The molecule has 1 fully saturated rings. The summed E-state index contributed by atoms with van der Waals surface area (Å²) >= 11 is 6.21. The summed E-state index contributed by atoms with van der Waals surface area (Å²) in [6.45, 7) is 1.24. The molecule has 1 heterocycles. The van der Waals surface area contributed by atoms with E-state index in [1.807, 2.05) is 6.07 Å². The molecule has 10 nitrogen and oxygen atoms in total. The highest BCUT2D eigenvalue weighted by molar-refractivity contribution is 6.32. The van der Waals surface area contributed by atoms with Crippen molar-refractivity contribution in [3.8, 4) is 5.75 Å². The van der Waals surface area contributed by atoms with E-state index in [1.165, 1.54) is 29.9 Å². The van der Waals surface area contributed by atoms with Crippen LogP contribution in [0.2, 0.25) is 5.02 Å². The maximum Gasteiger partial charge on any atom is 0.344 e. The first-order valence-corrected chi connectivity index (χ1v) is 11.6. The van der Waals surface area contributed by atoms with Gasteiger partial charge in [-0.05, 0) is 38.0 Å². The second-order valence-electron chi connectivity index (χ2n) is 8.39. The number of carboxylic acids is 1. The average Bonchev–Trinajstić information content (AvgIpc) is 2.85. The molecule has 1 atom stereocenters. The first-order valence-electron chi connectivity index (χ1n) is 11.2. The number of carbonyl (C=O) groups is 1. The van der Waals surface area contributed by atoms with Crippen LogP contribution in [0.4, 0.5) is 5.69 Å². The normalized spacial score (nSPS) is 15.4. The van der Waals surface area contributed by atoms with Gasteiger partial charge in [0, 0.05) is 17.5 Å². The molecule has 0 unspecified atom stereocenters. The molecule has 0 bridgehead atoms. The monoisotopic (exact) mass is 498 g/mol. The van der Waals surface area contributed by atoms with Crippen LogP contribution >= 0.6 is 11.6 Å². The lowest BCUT2D eigenvalue weighted by Gasteiger charge is -2.22. The predicted molar refractivity (Wildman–Crippen MR) is 131 cm³/mol. The Hall–Kier alpha value is -3.79. The minimum Gasteiger partial charge on any atom is -0.479 e. The van der Waals surface area contributed by atoms with Gasteiger partial charge in [-0.15, -0.1) is 0 Å². The lowest BCUT2D eigenvalue weighted by molar-refractivity contribution is -0.386. The van der Waals surface area contributed by atoms with Crippen molar-refractivity contribution in [3.63, 3.8) is 0 Å². The molecule has 3 aromatic rings. The molecule has 4 rings (SSSR count). The van der Waals surface area contributed by atoms with Crippen LogP contribution in [0.25, 0.3) is 10.9 Å². The molecule has 0 aliphatic heterocycles. The Morgan fingerprint density at radius 2 is 2.03 bits per heavy atom. The third-order valence-electron chi connectivity index (χ3n) is 5.96. The van der Waals surface area contributed by atoms with Crippen molar-refractivity contribution in [3.05, 3.63) is 73.3 Å². The predicted octanol–water partition coefficient (Wildman–Crippen LogP) is 4.74. The van der Waals surface area contributed by atoms with Crippen LogP contribution in [0.15, 0.2) is 46.3 Å². The highest BCUT2D eigenvalue weighted by Crippen LogP contribution is 2.37. The van der Waals surface area contributed by atoms with Crippen molar-refractivity contribution in [1.82, 2.24) is 9.66 Å². The maximum absolute atomic E-state index is 13.3.